The summed E-state index contributed by atoms with van der Waals surface area (Å²) in [5.41, 5.74) is 3.69. The fourth-order valence-corrected chi connectivity index (χ4v) is 7.44. The molecule has 0 saturated heterocycles. The highest BCUT2D eigenvalue weighted by molar-refractivity contribution is 9.11. The zero-order chi connectivity index (χ0) is 25.6. The molecule has 0 N–H and O–H groups in total. The molecule has 2 heterocycles. The Morgan fingerprint density at radius 2 is 1.36 bits per heavy atom. The van der Waals surface area contributed by atoms with Gasteiger partial charge >= 0.3 is 0 Å². The Labute approximate surface area is 235 Å². The molecular weight excluding hydrogens is 551 g/mol. The molecule has 0 aliphatic rings. The molecule has 200 valence electrons. The lowest BCUT2D eigenvalue weighted by atomic mass is 9.89. The van der Waals surface area contributed by atoms with E-state index in [-0.39, 0.29) is 5.82 Å². The molecule has 0 aliphatic carbocycles. The number of nitrogens with zero attached hydrogens (tertiary/aromatic N) is 2. The molecule has 0 radical (unpaired) electrons. The van der Waals surface area contributed by atoms with E-state index >= 15 is 0 Å². The lowest BCUT2D eigenvalue weighted by Gasteiger charge is -2.17. The molecule has 2 aromatic heterocycles. The van der Waals surface area contributed by atoms with Crippen LogP contribution >= 0.6 is 39.0 Å². The quantitative estimate of drug-likeness (QED) is 0.129. The molecule has 2 nitrogen and oxygen atoms in total. The Morgan fingerprint density at radius 1 is 0.778 bits per heavy atom. The van der Waals surface area contributed by atoms with Crippen molar-refractivity contribution in [2.75, 3.05) is 0 Å². The van der Waals surface area contributed by atoms with Crippen molar-refractivity contribution in [1.82, 2.24) is 8.75 Å². The first-order valence-corrected chi connectivity index (χ1v) is 16.7. The minimum atomic E-state index is -0.244. The second kappa shape index (κ2) is 16.9. The third-order valence-electron chi connectivity index (χ3n) is 7.29. The summed E-state index contributed by atoms with van der Waals surface area (Å²) < 4.78 is 24.1. The van der Waals surface area contributed by atoms with Gasteiger partial charge in [-0.05, 0) is 46.0 Å². The first kappa shape index (κ1) is 29.7. The Bertz CT molecular complexity index is 1020. The maximum absolute atomic E-state index is 14.2. The van der Waals surface area contributed by atoms with E-state index in [4.69, 9.17) is 0 Å². The van der Waals surface area contributed by atoms with E-state index in [1.54, 1.807) is 17.4 Å². The summed E-state index contributed by atoms with van der Waals surface area (Å²) >= 11 is 6.70. The highest BCUT2D eigenvalue weighted by atomic mass is 79.9. The molecule has 0 saturated carbocycles. The SMILES string of the molecule is CCCCCCCCCCC(CCCCCCCC)Cc1cc(-c2cc(F)cc3nsnc23)sc1Br. The zero-order valence-corrected chi connectivity index (χ0v) is 25.5. The van der Waals surface area contributed by atoms with E-state index < -0.39 is 0 Å². The van der Waals surface area contributed by atoms with Gasteiger partial charge < -0.3 is 0 Å². The van der Waals surface area contributed by atoms with E-state index in [1.807, 2.05) is 0 Å². The van der Waals surface area contributed by atoms with Gasteiger partial charge in [0.1, 0.15) is 16.9 Å². The van der Waals surface area contributed by atoms with Crippen LogP contribution < -0.4 is 0 Å². The minimum absolute atomic E-state index is 0.244. The van der Waals surface area contributed by atoms with Gasteiger partial charge in [-0.3, -0.25) is 0 Å². The number of unbranched alkanes of at least 4 members (excludes halogenated alkanes) is 12. The highest BCUT2D eigenvalue weighted by Crippen LogP contribution is 2.40. The second-order valence-corrected chi connectivity index (χ2v) is 13.3. The topological polar surface area (TPSA) is 25.8 Å². The molecule has 3 aromatic rings. The number of hydrogen-bond acceptors (Lipinski definition) is 4. The van der Waals surface area contributed by atoms with Crippen molar-refractivity contribution < 1.29 is 4.39 Å². The van der Waals surface area contributed by atoms with Crippen molar-refractivity contribution in [2.24, 2.45) is 5.92 Å². The van der Waals surface area contributed by atoms with E-state index in [1.165, 1.54) is 118 Å². The van der Waals surface area contributed by atoms with Crippen LogP contribution in [0.4, 0.5) is 4.39 Å². The van der Waals surface area contributed by atoms with Gasteiger partial charge in [0.05, 0.1) is 15.5 Å². The monoisotopic (exact) mass is 594 g/mol. The molecule has 1 aromatic carbocycles. The number of aromatic nitrogens is 2. The molecule has 0 amide bonds. The van der Waals surface area contributed by atoms with Crippen LogP contribution in [0.15, 0.2) is 22.0 Å². The Balaban J connectivity index is 1.59. The molecule has 6 heteroatoms. The zero-order valence-electron chi connectivity index (χ0n) is 22.3. The van der Waals surface area contributed by atoms with Crippen LogP contribution in [0.5, 0.6) is 0 Å². The molecule has 3 rings (SSSR count). The lowest BCUT2D eigenvalue weighted by molar-refractivity contribution is 0.400. The molecule has 0 spiro atoms. The maximum Gasteiger partial charge on any atom is 0.126 e. The van der Waals surface area contributed by atoms with Gasteiger partial charge in [-0.25, -0.2) is 4.39 Å². The van der Waals surface area contributed by atoms with Crippen LogP contribution in [0.2, 0.25) is 0 Å². The predicted molar refractivity (Wildman–Crippen MR) is 161 cm³/mol. The van der Waals surface area contributed by atoms with Crippen LogP contribution in [-0.4, -0.2) is 8.75 Å². The minimum Gasteiger partial charge on any atom is -0.207 e. The van der Waals surface area contributed by atoms with Crippen molar-refractivity contribution in [3.8, 4) is 10.4 Å². The molecular formula is C30H44BrFN2S2. The largest absolute Gasteiger partial charge is 0.207 e. The van der Waals surface area contributed by atoms with Gasteiger partial charge in [0.2, 0.25) is 0 Å². The molecule has 1 unspecified atom stereocenters. The van der Waals surface area contributed by atoms with Gasteiger partial charge in [-0.15, -0.1) is 11.3 Å². The standard InChI is InChI=1S/C30H44BrFN2S2/c1-3-5-7-9-11-12-14-16-18-23(17-15-13-10-8-6-4-2)19-24-20-28(35-30(24)31)26-21-25(32)22-27-29(26)34-36-33-27/h20-23H,3-19H2,1-2H3. The Hall–Kier alpha value is -0.850. The fraction of sp³-hybridized carbons (Fsp3) is 0.667. The number of halogens is 2. The summed E-state index contributed by atoms with van der Waals surface area (Å²) in [6, 6.07) is 5.36. The van der Waals surface area contributed by atoms with Gasteiger partial charge in [0.15, 0.2) is 0 Å². The smallest absolute Gasteiger partial charge is 0.126 e. The molecule has 0 fully saturated rings. The van der Waals surface area contributed by atoms with Gasteiger partial charge in [-0.2, -0.15) is 8.75 Å². The van der Waals surface area contributed by atoms with E-state index in [9.17, 15) is 4.39 Å². The van der Waals surface area contributed by atoms with E-state index in [2.05, 4.69) is 44.6 Å². The van der Waals surface area contributed by atoms with Crippen molar-refractivity contribution in [3.05, 3.63) is 33.4 Å². The van der Waals surface area contributed by atoms with E-state index in [0.717, 1.165) is 40.0 Å². The summed E-state index contributed by atoms with van der Waals surface area (Å²) in [4.78, 5) is 1.08. The van der Waals surface area contributed by atoms with Gasteiger partial charge in [0.25, 0.3) is 0 Å². The number of fused-ring (bicyclic) bond motifs is 1. The summed E-state index contributed by atoms with van der Waals surface area (Å²) in [7, 11) is 0. The number of thiophene rings is 1. The van der Waals surface area contributed by atoms with Crippen molar-refractivity contribution in [1.29, 1.82) is 0 Å². The number of benzene rings is 1. The van der Waals surface area contributed by atoms with Crippen LogP contribution in [0, 0.1) is 11.7 Å². The third-order valence-corrected chi connectivity index (χ3v) is 9.83. The van der Waals surface area contributed by atoms with Crippen molar-refractivity contribution >= 4 is 50.0 Å². The first-order chi connectivity index (χ1) is 17.6. The second-order valence-electron chi connectivity index (χ2n) is 10.4. The number of hydrogen-bond donors (Lipinski definition) is 0. The lowest BCUT2D eigenvalue weighted by Crippen LogP contribution is -2.05. The Kier molecular flexibility index (Phi) is 13.9. The van der Waals surface area contributed by atoms with Crippen LogP contribution in [-0.2, 0) is 6.42 Å². The average molecular weight is 596 g/mol. The van der Waals surface area contributed by atoms with Crippen LogP contribution in [0.1, 0.15) is 122 Å². The highest BCUT2D eigenvalue weighted by Gasteiger charge is 2.18. The summed E-state index contributed by atoms with van der Waals surface area (Å²) in [6.45, 7) is 4.57. The van der Waals surface area contributed by atoms with E-state index in [0.29, 0.717) is 5.52 Å². The summed E-state index contributed by atoms with van der Waals surface area (Å²) in [5, 5.41) is 0. The molecule has 0 bridgehead atoms. The molecule has 0 aliphatic heterocycles. The van der Waals surface area contributed by atoms with Gasteiger partial charge in [0, 0.05) is 16.5 Å². The first-order valence-electron chi connectivity index (χ1n) is 14.3. The average Bonchev–Trinajstić information content (AvgIpc) is 3.48. The normalized spacial score (nSPS) is 12.6. The van der Waals surface area contributed by atoms with Gasteiger partial charge in [-0.1, -0.05) is 117 Å². The van der Waals surface area contributed by atoms with Crippen molar-refractivity contribution in [2.45, 2.75) is 123 Å². The summed E-state index contributed by atoms with van der Waals surface area (Å²) in [5.74, 6) is 0.482. The molecule has 36 heavy (non-hydrogen) atoms. The Morgan fingerprint density at radius 3 is 1.97 bits per heavy atom. The third kappa shape index (κ3) is 9.79. The molecule has 1 atom stereocenters. The maximum atomic E-state index is 14.2. The number of rotatable bonds is 19. The summed E-state index contributed by atoms with van der Waals surface area (Å²) in [6.07, 6.45) is 22.9. The van der Waals surface area contributed by atoms with Crippen molar-refractivity contribution in [3.63, 3.8) is 0 Å². The van der Waals surface area contributed by atoms with Crippen LogP contribution in [0.25, 0.3) is 21.5 Å². The predicted octanol–water partition coefficient (Wildman–Crippen LogP) is 11.8. The van der Waals surface area contributed by atoms with Crippen LogP contribution in [0.3, 0.4) is 0 Å². The fourth-order valence-electron chi connectivity index (χ4n) is 5.16.